The number of fused-ring (bicyclic) bond motifs is 1. The van der Waals surface area contributed by atoms with Crippen LogP contribution in [-0.4, -0.2) is 52.5 Å². The van der Waals surface area contributed by atoms with Crippen LogP contribution in [0.2, 0.25) is 0 Å². The average molecular weight is 390 g/mol. The molecule has 8 heteroatoms. The van der Waals surface area contributed by atoms with E-state index in [0.29, 0.717) is 31.5 Å². The summed E-state index contributed by atoms with van der Waals surface area (Å²) in [6, 6.07) is 4.68. The van der Waals surface area contributed by atoms with E-state index in [2.05, 4.69) is 22.5 Å². The molecule has 2 fully saturated rings. The third-order valence-corrected chi connectivity index (χ3v) is 5.10. The van der Waals surface area contributed by atoms with Crippen LogP contribution in [0.1, 0.15) is 40.7 Å². The number of carbonyl (C=O) groups excluding carboxylic acids is 3. The number of benzene rings is 1. The Bertz CT molecular complexity index is 867. The van der Waals surface area contributed by atoms with Crippen LogP contribution in [0.25, 0.3) is 0 Å². The molecule has 0 aromatic heterocycles. The molecule has 2 unspecified atom stereocenters. The molecule has 3 heterocycles. The molecule has 27 heavy (non-hydrogen) atoms. The molecule has 4 rings (SSSR count). The van der Waals surface area contributed by atoms with Crippen molar-refractivity contribution in [2.24, 2.45) is 0 Å². The molecular formula is C19H20ClN3O4. The number of amides is 3. The average Bonchev–Trinajstić information content (AvgIpc) is 3.18. The molecule has 3 aliphatic heterocycles. The van der Waals surface area contributed by atoms with Gasteiger partial charge in [0, 0.05) is 37.1 Å². The van der Waals surface area contributed by atoms with Gasteiger partial charge in [-0.25, -0.2) is 0 Å². The molecule has 1 aromatic carbocycles. The van der Waals surface area contributed by atoms with Crippen molar-refractivity contribution in [3.8, 4) is 11.8 Å². The van der Waals surface area contributed by atoms with Crippen LogP contribution in [-0.2, 0) is 16.1 Å². The van der Waals surface area contributed by atoms with Gasteiger partial charge in [0.25, 0.3) is 5.91 Å². The van der Waals surface area contributed by atoms with Gasteiger partial charge in [-0.3, -0.25) is 19.7 Å². The standard InChI is InChI=1S/C19H19N3O4.ClH/c23-16-4-3-15(17(24)21-16)22-10-13-9-12(1-2-14(13)18(22)25)5-6-19(26)7-8-20-11-19;/h1-2,9,15,20,26H,3-4,7-8,10-11H2,(H,21,23,24);1H. The van der Waals surface area contributed by atoms with Crippen LogP contribution in [0, 0.1) is 11.8 Å². The van der Waals surface area contributed by atoms with E-state index in [1.165, 1.54) is 4.90 Å². The summed E-state index contributed by atoms with van der Waals surface area (Å²) in [7, 11) is 0. The Hall–Kier alpha value is -2.40. The maximum absolute atomic E-state index is 12.6. The molecule has 7 nitrogen and oxygen atoms in total. The second-order valence-electron chi connectivity index (χ2n) is 6.98. The molecule has 2 saturated heterocycles. The van der Waals surface area contributed by atoms with Crippen molar-refractivity contribution >= 4 is 30.1 Å². The lowest BCUT2D eigenvalue weighted by atomic mass is 10.0. The fraction of sp³-hybridized carbons (Fsp3) is 0.421. The molecule has 3 N–H and O–H groups in total. The van der Waals surface area contributed by atoms with Gasteiger partial charge in [-0.1, -0.05) is 11.8 Å². The normalized spacial score (nSPS) is 26.8. The van der Waals surface area contributed by atoms with Gasteiger partial charge in [0.2, 0.25) is 11.8 Å². The van der Waals surface area contributed by atoms with E-state index < -0.39 is 17.6 Å². The van der Waals surface area contributed by atoms with E-state index in [1.807, 2.05) is 6.07 Å². The summed E-state index contributed by atoms with van der Waals surface area (Å²) < 4.78 is 0. The second-order valence-corrected chi connectivity index (χ2v) is 6.98. The van der Waals surface area contributed by atoms with Crippen molar-refractivity contribution < 1.29 is 19.5 Å². The molecule has 2 atom stereocenters. The van der Waals surface area contributed by atoms with Crippen LogP contribution in [0.3, 0.4) is 0 Å². The van der Waals surface area contributed by atoms with Crippen LogP contribution in [0.5, 0.6) is 0 Å². The number of halogens is 1. The summed E-state index contributed by atoms with van der Waals surface area (Å²) in [5.74, 6) is 4.97. The molecule has 0 radical (unpaired) electrons. The maximum atomic E-state index is 12.6. The number of aliphatic hydroxyl groups is 1. The minimum atomic E-state index is -1.01. The fourth-order valence-electron chi connectivity index (χ4n) is 3.63. The number of hydrogen-bond donors (Lipinski definition) is 3. The first-order valence-corrected chi connectivity index (χ1v) is 8.69. The monoisotopic (exact) mass is 389 g/mol. The minimum Gasteiger partial charge on any atom is -0.376 e. The molecule has 0 bridgehead atoms. The van der Waals surface area contributed by atoms with Crippen molar-refractivity contribution in [2.75, 3.05) is 13.1 Å². The Morgan fingerprint density at radius 3 is 2.78 bits per heavy atom. The summed E-state index contributed by atoms with van der Waals surface area (Å²) in [5, 5.41) is 15.7. The predicted molar refractivity (Wildman–Crippen MR) is 99.0 cm³/mol. The van der Waals surface area contributed by atoms with Gasteiger partial charge in [-0.15, -0.1) is 12.4 Å². The summed E-state index contributed by atoms with van der Waals surface area (Å²) in [6.45, 7) is 1.51. The number of β-amino-alcohol motifs (C(OH)–C–C–N with tert-alkyl or cyclic N) is 1. The van der Waals surface area contributed by atoms with Gasteiger partial charge < -0.3 is 15.3 Å². The number of rotatable bonds is 1. The van der Waals surface area contributed by atoms with E-state index >= 15 is 0 Å². The largest absolute Gasteiger partial charge is 0.376 e. The van der Waals surface area contributed by atoms with Crippen LogP contribution < -0.4 is 10.6 Å². The lowest BCUT2D eigenvalue weighted by Gasteiger charge is -2.29. The molecule has 142 valence electrons. The number of imide groups is 1. The van der Waals surface area contributed by atoms with Crippen LogP contribution in [0.4, 0.5) is 0 Å². The third-order valence-electron chi connectivity index (χ3n) is 5.10. The first-order chi connectivity index (χ1) is 12.5. The number of carbonyl (C=O) groups is 3. The lowest BCUT2D eigenvalue weighted by Crippen LogP contribution is -2.52. The minimum absolute atomic E-state index is 0. The Morgan fingerprint density at radius 2 is 2.07 bits per heavy atom. The van der Waals surface area contributed by atoms with Crippen LogP contribution in [0.15, 0.2) is 18.2 Å². The number of piperidine rings is 1. The summed E-state index contributed by atoms with van der Waals surface area (Å²) in [5.41, 5.74) is 1.08. The first kappa shape index (κ1) is 19.4. The fourth-order valence-corrected chi connectivity index (χ4v) is 3.63. The van der Waals surface area contributed by atoms with Gasteiger partial charge >= 0.3 is 0 Å². The summed E-state index contributed by atoms with van der Waals surface area (Å²) in [6.07, 6.45) is 1.17. The number of nitrogens with zero attached hydrogens (tertiary/aromatic N) is 1. The molecule has 0 spiro atoms. The molecular weight excluding hydrogens is 370 g/mol. The summed E-state index contributed by atoms with van der Waals surface area (Å²) in [4.78, 5) is 37.5. The molecule has 0 saturated carbocycles. The quantitative estimate of drug-likeness (QED) is 0.462. The van der Waals surface area contributed by atoms with Gasteiger partial charge in [-0.2, -0.15) is 0 Å². The van der Waals surface area contributed by atoms with E-state index in [4.69, 9.17) is 0 Å². The van der Waals surface area contributed by atoms with Crippen molar-refractivity contribution in [3.05, 3.63) is 34.9 Å². The van der Waals surface area contributed by atoms with Crippen molar-refractivity contribution in [1.29, 1.82) is 0 Å². The van der Waals surface area contributed by atoms with Gasteiger partial charge in [0.05, 0.1) is 0 Å². The molecule has 3 amide bonds. The Morgan fingerprint density at radius 1 is 1.26 bits per heavy atom. The Balaban J connectivity index is 0.00000210. The topological polar surface area (TPSA) is 98.7 Å². The molecule has 1 aromatic rings. The van der Waals surface area contributed by atoms with Crippen molar-refractivity contribution in [3.63, 3.8) is 0 Å². The van der Waals surface area contributed by atoms with E-state index in [0.717, 1.165) is 17.7 Å². The highest BCUT2D eigenvalue weighted by molar-refractivity contribution is 6.05. The Kier molecular flexibility index (Phi) is 5.24. The van der Waals surface area contributed by atoms with Gasteiger partial charge in [0.1, 0.15) is 11.6 Å². The van der Waals surface area contributed by atoms with Gasteiger partial charge in [0.15, 0.2) is 0 Å². The number of hydrogen-bond acceptors (Lipinski definition) is 5. The number of nitrogens with one attached hydrogen (secondary N) is 2. The second kappa shape index (κ2) is 7.31. The smallest absolute Gasteiger partial charge is 0.255 e. The van der Waals surface area contributed by atoms with E-state index in [9.17, 15) is 19.5 Å². The summed E-state index contributed by atoms with van der Waals surface area (Å²) >= 11 is 0. The molecule has 3 aliphatic rings. The molecule has 0 aliphatic carbocycles. The highest BCUT2D eigenvalue weighted by Gasteiger charge is 2.39. The third kappa shape index (κ3) is 3.69. The van der Waals surface area contributed by atoms with Gasteiger partial charge in [-0.05, 0) is 36.7 Å². The SMILES string of the molecule is Cl.O=C1CCC(N2Cc3cc(C#CC4(O)CCNC4)ccc3C2=O)C(=O)N1. The zero-order chi connectivity index (χ0) is 18.3. The Labute approximate surface area is 162 Å². The zero-order valence-electron chi connectivity index (χ0n) is 14.6. The van der Waals surface area contributed by atoms with Crippen molar-refractivity contribution in [1.82, 2.24) is 15.5 Å². The van der Waals surface area contributed by atoms with Crippen molar-refractivity contribution in [2.45, 2.75) is 37.5 Å². The van der Waals surface area contributed by atoms with E-state index in [1.54, 1.807) is 12.1 Å². The van der Waals surface area contributed by atoms with Crippen LogP contribution >= 0.6 is 12.4 Å². The highest BCUT2D eigenvalue weighted by atomic mass is 35.5. The predicted octanol–water partition coefficient (Wildman–Crippen LogP) is -0.0547. The lowest BCUT2D eigenvalue weighted by molar-refractivity contribution is -0.136. The maximum Gasteiger partial charge on any atom is 0.255 e. The first-order valence-electron chi connectivity index (χ1n) is 8.69. The highest BCUT2D eigenvalue weighted by Crippen LogP contribution is 2.28. The van der Waals surface area contributed by atoms with E-state index in [-0.39, 0.29) is 30.6 Å². The zero-order valence-corrected chi connectivity index (χ0v) is 15.4.